The zero-order valence-electron chi connectivity index (χ0n) is 17.3. The van der Waals surface area contributed by atoms with Gasteiger partial charge in [0.1, 0.15) is 0 Å². The molecule has 6 nitrogen and oxygen atoms in total. The largest absolute Gasteiger partial charge is 0.381 e. The lowest BCUT2D eigenvalue weighted by atomic mass is 10.1. The molecule has 1 fully saturated rings. The van der Waals surface area contributed by atoms with Crippen molar-refractivity contribution in [1.29, 1.82) is 0 Å². The van der Waals surface area contributed by atoms with E-state index in [0.29, 0.717) is 5.92 Å². The van der Waals surface area contributed by atoms with Crippen LogP contribution in [0.5, 0.6) is 0 Å². The van der Waals surface area contributed by atoms with Gasteiger partial charge >= 0.3 is 0 Å². The third kappa shape index (κ3) is 4.99. The Bertz CT molecular complexity index is 751. The molecule has 2 aromatic heterocycles. The molecule has 0 aliphatic carbocycles. The molecule has 1 saturated heterocycles. The molecule has 0 N–H and O–H groups in total. The Kier molecular flexibility index (Phi) is 6.40. The highest BCUT2D eigenvalue weighted by Crippen LogP contribution is 2.19. The van der Waals surface area contributed by atoms with Gasteiger partial charge in [0, 0.05) is 52.1 Å². The molecule has 0 bridgehead atoms. The summed E-state index contributed by atoms with van der Waals surface area (Å²) in [6, 6.07) is 6.62. The molecule has 6 heteroatoms. The maximum Gasteiger partial charge on any atom is 0.0768 e. The third-order valence-corrected chi connectivity index (χ3v) is 5.84. The van der Waals surface area contributed by atoms with Gasteiger partial charge in [-0.1, -0.05) is 13.0 Å². The zero-order chi connectivity index (χ0) is 19.3. The van der Waals surface area contributed by atoms with E-state index in [1.807, 2.05) is 6.20 Å². The van der Waals surface area contributed by atoms with Crippen molar-refractivity contribution >= 4 is 0 Å². The molecule has 0 aromatic carbocycles. The highest BCUT2D eigenvalue weighted by Gasteiger charge is 2.22. The molecule has 152 valence electrons. The quantitative estimate of drug-likeness (QED) is 0.736. The molecule has 2 aliphatic rings. The Morgan fingerprint density at radius 3 is 2.86 bits per heavy atom. The summed E-state index contributed by atoms with van der Waals surface area (Å²) in [6.45, 7) is 10.1. The van der Waals surface area contributed by atoms with Gasteiger partial charge in [-0.3, -0.25) is 19.5 Å². The SMILES string of the molecule is CCc1ccc(CN(C)Cc2cc3n(n2)CCCN(C[C@H]2CCOC2)C3)nc1. The van der Waals surface area contributed by atoms with E-state index in [-0.39, 0.29) is 0 Å². The summed E-state index contributed by atoms with van der Waals surface area (Å²) in [7, 11) is 2.15. The van der Waals surface area contributed by atoms with Crippen LogP contribution in [0.4, 0.5) is 0 Å². The predicted molar refractivity (Wildman–Crippen MR) is 110 cm³/mol. The lowest BCUT2D eigenvalue weighted by Crippen LogP contribution is -2.29. The van der Waals surface area contributed by atoms with Crippen LogP contribution in [0.15, 0.2) is 24.4 Å². The molecule has 0 saturated carbocycles. The number of hydrogen-bond donors (Lipinski definition) is 0. The smallest absolute Gasteiger partial charge is 0.0768 e. The number of aryl methyl sites for hydroxylation is 2. The number of fused-ring (bicyclic) bond motifs is 1. The minimum Gasteiger partial charge on any atom is -0.381 e. The fraction of sp³-hybridized carbons (Fsp3) is 0.636. The Labute approximate surface area is 168 Å². The molecule has 28 heavy (non-hydrogen) atoms. The van der Waals surface area contributed by atoms with Gasteiger partial charge < -0.3 is 4.74 Å². The van der Waals surface area contributed by atoms with Crippen LogP contribution in [0.2, 0.25) is 0 Å². The Hall–Kier alpha value is -1.76. The minimum absolute atomic E-state index is 0.701. The second kappa shape index (κ2) is 9.16. The Morgan fingerprint density at radius 2 is 2.11 bits per heavy atom. The maximum absolute atomic E-state index is 5.55. The summed E-state index contributed by atoms with van der Waals surface area (Å²) in [5.41, 5.74) is 4.92. The number of hydrogen-bond acceptors (Lipinski definition) is 5. The monoisotopic (exact) mass is 383 g/mol. The van der Waals surface area contributed by atoms with Crippen LogP contribution in [0.1, 0.15) is 42.4 Å². The van der Waals surface area contributed by atoms with Gasteiger partial charge in [-0.05, 0) is 49.9 Å². The first-order valence-electron chi connectivity index (χ1n) is 10.7. The van der Waals surface area contributed by atoms with Crippen molar-refractivity contribution < 1.29 is 4.74 Å². The number of aromatic nitrogens is 3. The second-order valence-electron chi connectivity index (χ2n) is 8.35. The number of pyridine rings is 1. The van der Waals surface area contributed by atoms with Crippen molar-refractivity contribution in [3.05, 3.63) is 47.0 Å². The molecular formula is C22H33N5O. The van der Waals surface area contributed by atoms with Crippen LogP contribution in [0.25, 0.3) is 0 Å². The molecule has 0 amide bonds. The van der Waals surface area contributed by atoms with Crippen LogP contribution in [-0.4, -0.2) is 57.9 Å². The van der Waals surface area contributed by atoms with Gasteiger partial charge in [0.15, 0.2) is 0 Å². The Balaban J connectivity index is 1.34. The third-order valence-electron chi connectivity index (χ3n) is 5.84. The second-order valence-corrected chi connectivity index (χ2v) is 8.35. The maximum atomic E-state index is 5.55. The number of rotatable bonds is 7. The molecular weight excluding hydrogens is 350 g/mol. The zero-order valence-corrected chi connectivity index (χ0v) is 17.3. The van der Waals surface area contributed by atoms with Crippen LogP contribution >= 0.6 is 0 Å². The van der Waals surface area contributed by atoms with Gasteiger partial charge in [-0.25, -0.2) is 0 Å². The van der Waals surface area contributed by atoms with Gasteiger partial charge in [0.25, 0.3) is 0 Å². The van der Waals surface area contributed by atoms with E-state index in [2.05, 4.69) is 51.6 Å². The predicted octanol–water partition coefficient (Wildman–Crippen LogP) is 2.71. The summed E-state index contributed by atoms with van der Waals surface area (Å²) in [5, 5.41) is 4.89. The summed E-state index contributed by atoms with van der Waals surface area (Å²) in [6.07, 6.45) is 5.41. The van der Waals surface area contributed by atoms with E-state index < -0.39 is 0 Å². The molecule has 0 radical (unpaired) electrons. The number of nitrogens with zero attached hydrogens (tertiary/aromatic N) is 5. The lowest BCUT2D eigenvalue weighted by molar-refractivity contribution is 0.165. The van der Waals surface area contributed by atoms with E-state index >= 15 is 0 Å². The summed E-state index contributed by atoms with van der Waals surface area (Å²) in [4.78, 5) is 9.47. The van der Waals surface area contributed by atoms with Crippen molar-refractivity contribution in [1.82, 2.24) is 24.6 Å². The van der Waals surface area contributed by atoms with Gasteiger partial charge in [0.2, 0.25) is 0 Å². The van der Waals surface area contributed by atoms with Crippen molar-refractivity contribution in [3.8, 4) is 0 Å². The van der Waals surface area contributed by atoms with Gasteiger partial charge in [0.05, 0.1) is 23.7 Å². The fourth-order valence-electron chi connectivity index (χ4n) is 4.28. The van der Waals surface area contributed by atoms with Crippen molar-refractivity contribution in [3.63, 3.8) is 0 Å². The summed E-state index contributed by atoms with van der Waals surface area (Å²) < 4.78 is 7.78. The molecule has 1 atom stereocenters. The topological polar surface area (TPSA) is 46.4 Å². The molecule has 4 rings (SSSR count). The first-order chi connectivity index (χ1) is 13.7. The molecule has 0 unspecified atom stereocenters. The van der Waals surface area contributed by atoms with E-state index in [1.165, 1.54) is 24.1 Å². The minimum atomic E-state index is 0.701. The summed E-state index contributed by atoms with van der Waals surface area (Å²) in [5.74, 6) is 0.701. The average molecular weight is 384 g/mol. The van der Waals surface area contributed by atoms with Crippen LogP contribution < -0.4 is 0 Å². The van der Waals surface area contributed by atoms with Gasteiger partial charge in [-0.15, -0.1) is 0 Å². The van der Waals surface area contributed by atoms with Crippen LogP contribution in [0, 0.1) is 5.92 Å². The first-order valence-corrected chi connectivity index (χ1v) is 10.7. The van der Waals surface area contributed by atoms with Crippen LogP contribution in [0.3, 0.4) is 0 Å². The van der Waals surface area contributed by atoms with E-state index in [1.54, 1.807) is 0 Å². The van der Waals surface area contributed by atoms with Crippen molar-refractivity contribution in [2.75, 3.05) is 33.4 Å². The van der Waals surface area contributed by atoms with E-state index in [9.17, 15) is 0 Å². The Morgan fingerprint density at radius 1 is 1.21 bits per heavy atom. The molecule has 2 aromatic rings. The molecule has 0 spiro atoms. The molecule has 4 heterocycles. The standard InChI is InChI=1S/C22H33N5O/c1-3-18-5-6-20(23-12-18)14-25(2)15-21-11-22-16-26(8-4-9-27(22)24-21)13-19-7-10-28-17-19/h5-6,11-12,19H,3-4,7-10,13-17H2,1-2H3/t19-/m1/s1. The van der Waals surface area contributed by atoms with Crippen molar-refractivity contribution in [2.45, 2.75) is 52.4 Å². The van der Waals surface area contributed by atoms with Crippen LogP contribution in [-0.2, 0) is 37.3 Å². The average Bonchev–Trinajstić information content (AvgIpc) is 3.28. The molecule has 2 aliphatic heterocycles. The lowest BCUT2D eigenvalue weighted by Gasteiger charge is -2.22. The highest BCUT2D eigenvalue weighted by atomic mass is 16.5. The highest BCUT2D eigenvalue weighted by molar-refractivity contribution is 5.15. The first kappa shape index (κ1) is 19.6. The van der Waals surface area contributed by atoms with E-state index in [4.69, 9.17) is 9.84 Å². The fourth-order valence-corrected chi connectivity index (χ4v) is 4.28. The van der Waals surface area contributed by atoms with E-state index in [0.717, 1.165) is 70.3 Å². The number of ether oxygens (including phenoxy) is 1. The van der Waals surface area contributed by atoms with Crippen molar-refractivity contribution in [2.24, 2.45) is 5.92 Å². The normalized spacial score (nSPS) is 20.5. The van der Waals surface area contributed by atoms with Gasteiger partial charge in [-0.2, -0.15) is 5.10 Å². The summed E-state index contributed by atoms with van der Waals surface area (Å²) >= 11 is 0.